The van der Waals surface area contributed by atoms with Crippen LogP contribution in [-0.4, -0.2) is 61.6 Å². The Morgan fingerprint density at radius 2 is 1.58 bits per heavy atom. The van der Waals surface area contributed by atoms with Gasteiger partial charge in [-0.3, -0.25) is 9.69 Å². The SMILES string of the molecule is O=C(c1ccccc1)N1CCCCCC1C1CCN(Cc2nnnn2-c2ccccc2)CC1. The molecule has 7 nitrogen and oxygen atoms in total. The molecule has 1 unspecified atom stereocenters. The fourth-order valence-electron chi connectivity index (χ4n) is 5.39. The summed E-state index contributed by atoms with van der Waals surface area (Å²) in [5.74, 6) is 1.62. The van der Waals surface area contributed by atoms with E-state index in [0.717, 1.165) is 68.9 Å². The fraction of sp³-hybridized carbons (Fsp3) is 0.462. The van der Waals surface area contributed by atoms with Crippen LogP contribution in [0, 0.1) is 5.92 Å². The van der Waals surface area contributed by atoms with Crippen LogP contribution in [0.5, 0.6) is 0 Å². The summed E-state index contributed by atoms with van der Waals surface area (Å²) >= 11 is 0. The Bertz CT molecular complexity index is 1030. The predicted octanol–water partition coefficient (Wildman–Crippen LogP) is 3.96. The van der Waals surface area contributed by atoms with Gasteiger partial charge in [-0.15, -0.1) is 5.10 Å². The quantitative estimate of drug-likeness (QED) is 0.596. The molecule has 0 N–H and O–H groups in total. The number of carbonyl (C=O) groups is 1. The number of aromatic nitrogens is 4. The maximum Gasteiger partial charge on any atom is 0.254 e. The maximum absolute atomic E-state index is 13.3. The summed E-state index contributed by atoms with van der Waals surface area (Å²) in [5.41, 5.74) is 1.80. The smallest absolute Gasteiger partial charge is 0.254 e. The van der Waals surface area contributed by atoms with Gasteiger partial charge in [0.15, 0.2) is 5.82 Å². The third-order valence-electron chi connectivity index (χ3n) is 7.16. The minimum absolute atomic E-state index is 0.201. The Morgan fingerprint density at radius 1 is 0.848 bits per heavy atom. The van der Waals surface area contributed by atoms with Crippen LogP contribution in [0.4, 0.5) is 0 Å². The molecule has 1 amide bonds. The van der Waals surface area contributed by atoms with E-state index in [1.54, 1.807) is 0 Å². The molecule has 3 heterocycles. The minimum Gasteiger partial charge on any atom is -0.335 e. The van der Waals surface area contributed by atoms with E-state index >= 15 is 0 Å². The van der Waals surface area contributed by atoms with Crippen molar-refractivity contribution in [3.63, 3.8) is 0 Å². The lowest BCUT2D eigenvalue weighted by Crippen LogP contribution is -2.47. The highest BCUT2D eigenvalue weighted by atomic mass is 16.2. The minimum atomic E-state index is 0.201. The number of rotatable bonds is 5. The van der Waals surface area contributed by atoms with Crippen LogP contribution in [0.3, 0.4) is 0 Å². The fourth-order valence-corrected chi connectivity index (χ4v) is 5.39. The largest absolute Gasteiger partial charge is 0.335 e. The first-order chi connectivity index (χ1) is 16.3. The van der Waals surface area contributed by atoms with Gasteiger partial charge in [-0.2, -0.15) is 4.68 Å². The number of piperidine rings is 1. The van der Waals surface area contributed by atoms with Crippen LogP contribution in [0.25, 0.3) is 5.69 Å². The Hall–Kier alpha value is -3.06. The van der Waals surface area contributed by atoms with E-state index in [1.165, 1.54) is 12.8 Å². The zero-order chi connectivity index (χ0) is 22.5. The van der Waals surface area contributed by atoms with Gasteiger partial charge < -0.3 is 4.90 Å². The van der Waals surface area contributed by atoms with Gasteiger partial charge in [-0.1, -0.05) is 49.2 Å². The highest BCUT2D eigenvalue weighted by Gasteiger charge is 2.34. The van der Waals surface area contributed by atoms with E-state index < -0.39 is 0 Å². The molecule has 2 fully saturated rings. The van der Waals surface area contributed by atoms with E-state index in [2.05, 4.69) is 25.3 Å². The third kappa shape index (κ3) is 4.98. The van der Waals surface area contributed by atoms with Crippen molar-refractivity contribution in [3.05, 3.63) is 72.1 Å². The van der Waals surface area contributed by atoms with Gasteiger partial charge in [0.05, 0.1) is 12.2 Å². The first-order valence-electron chi connectivity index (χ1n) is 12.2. The first-order valence-corrected chi connectivity index (χ1v) is 12.2. The number of hydrogen-bond donors (Lipinski definition) is 0. The Labute approximate surface area is 195 Å². The van der Waals surface area contributed by atoms with Crippen LogP contribution in [0.1, 0.15) is 54.7 Å². The standard InChI is InChI=1S/C26H32N6O/c33-26(22-10-4-1-5-11-22)31-17-9-3-8-14-24(31)21-15-18-30(19-16-21)20-25-27-28-29-32(25)23-12-6-2-7-13-23/h1-2,4-7,10-13,21,24H,3,8-9,14-20H2. The third-order valence-corrected chi connectivity index (χ3v) is 7.16. The van der Waals surface area contributed by atoms with Crippen molar-refractivity contribution >= 4 is 5.91 Å². The molecular weight excluding hydrogens is 412 g/mol. The maximum atomic E-state index is 13.3. The van der Waals surface area contributed by atoms with Gasteiger partial charge >= 0.3 is 0 Å². The second-order valence-corrected chi connectivity index (χ2v) is 9.24. The summed E-state index contributed by atoms with van der Waals surface area (Å²) in [7, 11) is 0. The lowest BCUT2D eigenvalue weighted by molar-refractivity contribution is 0.0512. The second-order valence-electron chi connectivity index (χ2n) is 9.24. The number of likely N-dealkylation sites (tertiary alicyclic amines) is 2. The van der Waals surface area contributed by atoms with Crippen molar-refractivity contribution < 1.29 is 4.79 Å². The molecule has 2 aromatic carbocycles. The Kier molecular flexibility index (Phi) is 6.76. The number of nitrogens with zero attached hydrogens (tertiary/aromatic N) is 6. The highest BCUT2D eigenvalue weighted by Crippen LogP contribution is 2.31. The molecule has 0 radical (unpaired) electrons. The molecule has 2 saturated heterocycles. The molecule has 172 valence electrons. The first kappa shape index (κ1) is 21.8. The lowest BCUT2D eigenvalue weighted by atomic mass is 9.86. The van der Waals surface area contributed by atoms with Crippen LogP contribution >= 0.6 is 0 Å². The van der Waals surface area contributed by atoms with E-state index in [0.29, 0.717) is 12.0 Å². The van der Waals surface area contributed by atoms with Crippen LogP contribution in [0.2, 0.25) is 0 Å². The zero-order valence-electron chi connectivity index (χ0n) is 19.1. The zero-order valence-corrected chi connectivity index (χ0v) is 19.1. The molecule has 0 aliphatic carbocycles. The van der Waals surface area contributed by atoms with Crippen molar-refractivity contribution in [1.29, 1.82) is 0 Å². The molecule has 1 aromatic heterocycles. The summed E-state index contributed by atoms with van der Waals surface area (Å²) in [4.78, 5) is 18.0. The predicted molar refractivity (Wildman–Crippen MR) is 127 cm³/mol. The number of tetrazole rings is 1. The van der Waals surface area contributed by atoms with Crippen molar-refractivity contribution in [2.75, 3.05) is 19.6 Å². The summed E-state index contributed by atoms with van der Waals surface area (Å²) in [6, 6.07) is 20.2. The molecule has 2 aliphatic heterocycles. The molecule has 7 heteroatoms. The van der Waals surface area contributed by atoms with E-state index in [9.17, 15) is 4.79 Å². The summed E-state index contributed by atoms with van der Waals surface area (Å²) in [5, 5.41) is 12.4. The average Bonchev–Trinajstić information content (AvgIpc) is 3.20. The molecule has 0 bridgehead atoms. The van der Waals surface area contributed by atoms with Gasteiger partial charge in [0.25, 0.3) is 5.91 Å². The van der Waals surface area contributed by atoms with E-state index in [-0.39, 0.29) is 5.91 Å². The van der Waals surface area contributed by atoms with Gasteiger partial charge in [0.1, 0.15) is 0 Å². The molecular formula is C26H32N6O. The van der Waals surface area contributed by atoms with Crippen LogP contribution in [0.15, 0.2) is 60.7 Å². The average molecular weight is 445 g/mol. The van der Waals surface area contributed by atoms with E-state index in [1.807, 2.05) is 65.3 Å². The number of amides is 1. The second kappa shape index (κ2) is 10.3. The van der Waals surface area contributed by atoms with Crippen molar-refractivity contribution in [2.24, 2.45) is 5.92 Å². The highest BCUT2D eigenvalue weighted by molar-refractivity contribution is 5.94. The van der Waals surface area contributed by atoms with Gasteiger partial charge in [0, 0.05) is 18.2 Å². The topological polar surface area (TPSA) is 67.2 Å². The van der Waals surface area contributed by atoms with Crippen LogP contribution < -0.4 is 0 Å². The van der Waals surface area contributed by atoms with Gasteiger partial charge in [-0.25, -0.2) is 0 Å². The molecule has 0 spiro atoms. The van der Waals surface area contributed by atoms with Crippen molar-refractivity contribution in [1.82, 2.24) is 30.0 Å². The molecule has 3 aromatic rings. The lowest BCUT2D eigenvalue weighted by Gasteiger charge is -2.40. The molecule has 33 heavy (non-hydrogen) atoms. The summed E-state index contributed by atoms with van der Waals surface area (Å²) < 4.78 is 1.83. The van der Waals surface area contributed by atoms with Crippen molar-refractivity contribution in [2.45, 2.75) is 51.1 Å². The van der Waals surface area contributed by atoms with Crippen molar-refractivity contribution in [3.8, 4) is 5.69 Å². The number of para-hydroxylation sites is 1. The Morgan fingerprint density at radius 3 is 2.33 bits per heavy atom. The molecule has 2 aliphatic rings. The summed E-state index contributed by atoms with van der Waals surface area (Å²) in [6.45, 7) is 3.64. The molecule has 5 rings (SSSR count). The number of carbonyl (C=O) groups excluding carboxylic acids is 1. The van der Waals surface area contributed by atoms with Crippen LogP contribution in [-0.2, 0) is 6.54 Å². The van der Waals surface area contributed by atoms with E-state index in [4.69, 9.17) is 0 Å². The Balaban J connectivity index is 1.24. The van der Waals surface area contributed by atoms with Gasteiger partial charge in [0.2, 0.25) is 0 Å². The molecule has 0 saturated carbocycles. The number of hydrogen-bond acceptors (Lipinski definition) is 5. The monoisotopic (exact) mass is 444 g/mol. The normalized spacial score (nSPS) is 20.5. The number of benzene rings is 2. The van der Waals surface area contributed by atoms with Gasteiger partial charge in [-0.05, 0) is 79.4 Å². The summed E-state index contributed by atoms with van der Waals surface area (Å²) in [6.07, 6.45) is 6.88. The molecule has 1 atom stereocenters.